The molecule has 2 aliphatic rings. The van der Waals surface area contributed by atoms with E-state index in [2.05, 4.69) is 248 Å². The normalized spacial score (nSPS) is 15.3. The second-order valence-electron chi connectivity index (χ2n) is 17.7. The van der Waals surface area contributed by atoms with E-state index in [1.54, 1.807) is 0 Å². The van der Waals surface area contributed by atoms with Gasteiger partial charge in [0.25, 0.3) is 0 Å². The predicted molar refractivity (Wildman–Crippen MR) is 269 cm³/mol. The van der Waals surface area contributed by atoms with Gasteiger partial charge in [0.15, 0.2) is 0 Å². The summed E-state index contributed by atoms with van der Waals surface area (Å²) in [4.78, 5) is 2.46. The Morgan fingerprint density at radius 3 is 1.62 bits per heavy atom. The molecule has 0 saturated carbocycles. The molecule has 0 aliphatic heterocycles. The van der Waals surface area contributed by atoms with Crippen molar-refractivity contribution in [3.05, 3.63) is 282 Å². The van der Waals surface area contributed by atoms with Crippen molar-refractivity contribution in [2.75, 3.05) is 4.90 Å². The maximum Gasteiger partial charge on any atom is 0.143 e. The van der Waals surface area contributed by atoms with Crippen LogP contribution < -0.4 is 4.90 Å². The molecule has 1 heterocycles. The third kappa shape index (κ3) is 5.41. The highest BCUT2D eigenvalue weighted by Crippen LogP contribution is 2.58. The van der Waals surface area contributed by atoms with E-state index >= 15 is 0 Å². The number of benzene rings is 10. The van der Waals surface area contributed by atoms with Gasteiger partial charge in [0.1, 0.15) is 11.2 Å². The van der Waals surface area contributed by atoms with E-state index in [4.69, 9.17) is 4.42 Å². The molecular formula is C63H43NO. The average Bonchev–Trinajstić information content (AvgIpc) is 4.00. The lowest BCUT2D eigenvalue weighted by Crippen LogP contribution is -2.28. The van der Waals surface area contributed by atoms with Crippen molar-refractivity contribution in [2.45, 2.75) is 17.8 Å². The van der Waals surface area contributed by atoms with Crippen molar-refractivity contribution in [3.63, 3.8) is 0 Å². The Morgan fingerprint density at radius 1 is 0.338 bits per heavy atom. The summed E-state index contributed by atoms with van der Waals surface area (Å²) in [6, 6.07) is 89.2. The molecule has 1 aromatic heterocycles. The number of fused-ring (bicyclic) bond motifs is 9. The highest BCUT2D eigenvalue weighted by atomic mass is 16.3. The van der Waals surface area contributed by atoms with Gasteiger partial charge in [-0.2, -0.15) is 0 Å². The summed E-state index contributed by atoms with van der Waals surface area (Å²) in [7, 11) is 0. The quantitative estimate of drug-likeness (QED) is 0.159. The maximum atomic E-state index is 6.62. The van der Waals surface area contributed by atoms with Gasteiger partial charge in [-0.05, 0) is 116 Å². The van der Waals surface area contributed by atoms with Gasteiger partial charge >= 0.3 is 0 Å². The number of anilines is 3. The summed E-state index contributed by atoms with van der Waals surface area (Å²) in [6.45, 7) is 2.40. The minimum absolute atomic E-state index is 0.352. The lowest BCUT2D eigenvalue weighted by molar-refractivity contribution is 0.670. The Balaban J connectivity index is 1.05. The summed E-state index contributed by atoms with van der Waals surface area (Å²) >= 11 is 0. The van der Waals surface area contributed by atoms with Crippen LogP contribution in [0.2, 0.25) is 0 Å². The second kappa shape index (κ2) is 14.4. The number of para-hydroxylation sites is 2. The molecular weight excluding hydrogens is 787 g/mol. The predicted octanol–water partition coefficient (Wildman–Crippen LogP) is 16.4. The highest BCUT2D eigenvalue weighted by molar-refractivity contribution is 6.09. The van der Waals surface area contributed by atoms with Crippen LogP contribution in [-0.2, 0) is 10.8 Å². The molecule has 11 aromatic rings. The molecule has 0 N–H and O–H groups in total. The fourth-order valence-electron chi connectivity index (χ4n) is 11.5. The zero-order chi connectivity index (χ0) is 43.1. The molecule has 2 heteroatoms. The fraction of sp³-hybridized carbons (Fsp3) is 0.0476. The molecule has 65 heavy (non-hydrogen) atoms. The number of rotatable bonds is 7. The van der Waals surface area contributed by atoms with Crippen LogP contribution in [-0.4, -0.2) is 0 Å². The molecule has 13 rings (SSSR count). The molecule has 1 atom stereocenters. The second-order valence-corrected chi connectivity index (χ2v) is 17.7. The molecule has 1 unspecified atom stereocenters. The lowest BCUT2D eigenvalue weighted by Gasteiger charge is -2.34. The van der Waals surface area contributed by atoms with Crippen LogP contribution in [0.4, 0.5) is 17.1 Å². The monoisotopic (exact) mass is 829 g/mol. The van der Waals surface area contributed by atoms with Gasteiger partial charge in [-0.25, -0.2) is 0 Å². The van der Waals surface area contributed by atoms with Gasteiger partial charge in [-0.3, -0.25) is 0 Å². The number of hydrogen-bond acceptors (Lipinski definition) is 2. The summed E-state index contributed by atoms with van der Waals surface area (Å²) in [6.07, 6.45) is 0. The smallest absolute Gasteiger partial charge is 0.143 e. The Hall–Kier alpha value is -8.20. The third-order valence-corrected chi connectivity index (χ3v) is 14.4. The Kier molecular flexibility index (Phi) is 8.29. The van der Waals surface area contributed by atoms with Crippen molar-refractivity contribution in [3.8, 4) is 33.4 Å². The topological polar surface area (TPSA) is 16.4 Å². The molecule has 2 aliphatic carbocycles. The zero-order valence-electron chi connectivity index (χ0n) is 35.9. The van der Waals surface area contributed by atoms with E-state index < -0.39 is 5.41 Å². The van der Waals surface area contributed by atoms with Gasteiger partial charge in [0, 0.05) is 38.8 Å². The SMILES string of the molecule is CC1(c2ccccc2)c2ccccc2-c2ccc(N(c3cccc(-c4cccc5c4oc4ccccc45)c3)c3ccc4c(c3)-c3ccccc3C4(c3ccccc3)c3ccccc3)cc21. The maximum absolute atomic E-state index is 6.62. The van der Waals surface area contributed by atoms with Crippen LogP contribution in [0.5, 0.6) is 0 Å². The number of furan rings is 1. The summed E-state index contributed by atoms with van der Waals surface area (Å²) in [5.74, 6) is 0. The van der Waals surface area contributed by atoms with E-state index in [-0.39, 0.29) is 5.41 Å². The third-order valence-electron chi connectivity index (χ3n) is 14.4. The Morgan fingerprint density at radius 2 is 0.862 bits per heavy atom. The molecule has 0 saturated heterocycles. The van der Waals surface area contributed by atoms with Crippen LogP contribution in [0.3, 0.4) is 0 Å². The summed E-state index contributed by atoms with van der Waals surface area (Å²) in [5.41, 5.74) is 20.4. The van der Waals surface area contributed by atoms with Crippen LogP contribution in [0.25, 0.3) is 55.3 Å². The van der Waals surface area contributed by atoms with Crippen molar-refractivity contribution >= 4 is 39.0 Å². The molecule has 0 amide bonds. The van der Waals surface area contributed by atoms with Gasteiger partial charge in [0.2, 0.25) is 0 Å². The highest BCUT2D eigenvalue weighted by Gasteiger charge is 2.46. The van der Waals surface area contributed by atoms with Crippen LogP contribution in [0.1, 0.15) is 45.9 Å². The first-order valence-corrected chi connectivity index (χ1v) is 22.6. The van der Waals surface area contributed by atoms with Crippen LogP contribution in [0, 0.1) is 0 Å². The minimum atomic E-state index is -0.486. The van der Waals surface area contributed by atoms with Gasteiger partial charge in [-0.15, -0.1) is 0 Å². The van der Waals surface area contributed by atoms with Gasteiger partial charge in [0.05, 0.1) is 5.41 Å². The molecule has 306 valence electrons. The zero-order valence-corrected chi connectivity index (χ0v) is 35.9. The fourth-order valence-corrected chi connectivity index (χ4v) is 11.5. The van der Waals surface area contributed by atoms with Crippen LogP contribution in [0.15, 0.2) is 247 Å². The minimum Gasteiger partial charge on any atom is -0.455 e. The van der Waals surface area contributed by atoms with Gasteiger partial charge < -0.3 is 9.32 Å². The van der Waals surface area contributed by atoms with Crippen molar-refractivity contribution in [1.29, 1.82) is 0 Å². The molecule has 0 spiro atoms. The van der Waals surface area contributed by atoms with Crippen LogP contribution >= 0.6 is 0 Å². The molecule has 0 bridgehead atoms. The molecule has 0 radical (unpaired) electrons. The van der Waals surface area contributed by atoms with Crippen molar-refractivity contribution < 1.29 is 4.42 Å². The largest absolute Gasteiger partial charge is 0.455 e. The van der Waals surface area contributed by atoms with E-state index in [0.29, 0.717) is 0 Å². The number of hydrogen-bond donors (Lipinski definition) is 0. The standard InChI is InChI=1S/C63H43NO/c1-62(43-20-5-2-6-21-43)56-32-14-11-27-50(56)52-37-35-48(41-59(52)62)64(46-26-17-19-42(39-46)49-30-18-31-54-53-29-13-16-34-60(53)65-61(49)54)47-36-38-58-55(40-47)51-28-12-15-33-57(51)63(58,44-22-7-3-8-23-44)45-24-9-4-10-25-45/h2-41H,1H3. The van der Waals surface area contributed by atoms with Gasteiger partial charge in [-0.1, -0.05) is 200 Å². The van der Waals surface area contributed by atoms with Crippen molar-refractivity contribution in [2.24, 2.45) is 0 Å². The molecule has 0 fully saturated rings. The molecule has 2 nitrogen and oxygen atoms in total. The first-order chi connectivity index (χ1) is 32.1. The van der Waals surface area contributed by atoms with E-state index in [9.17, 15) is 0 Å². The lowest BCUT2D eigenvalue weighted by atomic mass is 9.68. The summed E-state index contributed by atoms with van der Waals surface area (Å²) in [5, 5.41) is 2.25. The first-order valence-electron chi connectivity index (χ1n) is 22.6. The summed E-state index contributed by atoms with van der Waals surface area (Å²) < 4.78 is 6.62. The Bertz CT molecular complexity index is 3580. The van der Waals surface area contributed by atoms with E-state index in [1.807, 2.05) is 6.07 Å². The van der Waals surface area contributed by atoms with Crippen molar-refractivity contribution in [1.82, 2.24) is 0 Å². The Labute approximate surface area is 379 Å². The van der Waals surface area contributed by atoms with E-state index in [0.717, 1.165) is 50.1 Å². The molecule has 10 aromatic carbocycles. The number of nitrogens with zero attached hydrogens (tertiary/aromatic N) is 1. The average molecular weight is 830 g/mol. The van der Waals surface area contributed by atoms with E-state index in [1.165, 1.54) is 61.2 Å². The first kappa shape index (κ1) is 37.4.